The van der Waals surface area contributed by atoms with E-state index in [0.29, 0.717) is 30.4 Å². The summed E-state index contributed by atoms with van der Waals surface area (Å²) in [6, 6.07) is 13.5. The Balaban J connectivity index is 1.47. The number of hydrogen-bond donors (Lipinski definition) is 1. The maximum absolute atomic E-state index is 12.6. The largest absolute Gasteiger partial charge is 0.486 e. The van der Waals surface area contributed by atoms with E-state index in [9.17, 15) is 4.79 Å². The van der Waals surface area contributed by atoms with Crippen molar-refractivity contribution in [2.24, 2.45) is 0 Å². The summed E-state index contributed by atoms with van der Waals surface area (Å²) in [5.74, 6) is 1.48. The summed E-state index contributed by atoms with van der Waals surface area (Å²) in [6.45, 7) is 1.11. The first-order chi connectivity index (χ1) is 12.1. The molecule has 130 valence electrons. The summed E-state index contributed by atoms with van der Waals surface area (Å²) in [6.07, 6.45) is 3.36. The fraction of sp³-hybridized carbons (Fsp3) is 0.350. The molecule has 5 heteroatoms. The van der Waals surface area contributed by atoms with Crippen molar-refractivity contribution in [2.75, 3.05) is 13.2 Å². The summed E-state index contributed by atoms with van der Waals surface area (Å²) in [4.78, 5) is 12.6. The summed E-state index contributed by atoms with van der Waals surface area (Å²) in [5, 5.41) is 3.95. The Labute approximate surface area is 152 Å². The summed E-state index contributed by atoms with van der Waals surface area (Å²) in [5.41, 5.74) is 1.79. The molecular formula is C20H20ClNO3. The minimum atomic E-state index is -0.254. The van der Waals surface area contributed by atoms with Gasteiger partial charge in [-0.25, -0.2) is 0 Å². The van der Waals surface area contributed by atoms with Crippen molar-refractivity contribution in [3.63, 3.8) is 0 Å². The van der Waals surface area contributed by atoms with Gasteiger partial charge in [0.2, 0.25) is 5.91 Å². The van der Waals surface area contributed by atoms with Crippen molar-refractivity contribution in [3.05, 3.63) is 58.6 Å². The van der Waals surface area contributed by atoms with Crippen LogP contribution in [-0.4, -0.2) is 19.1 Å². The Morgan fingerprint density at radius 2 is 1.76 bits per heavy atom. The third kappa shape index (κ3) is 3.31. The molecule has 0 radical (unpaired) electrons. The molecule has 2 aromatic rings. The first-order valence-corrected chi connectivity index (χ1v) is 8.98. The standard InChI is InChI=1S/C20H20ClNO3/c21-16-5-3-15(4-6-16)20(8-1-9-20)22-19(23)13-14-2-7-17-18(12-14)25-11-10-24-17/h2-7,12H,1,8-11,13H2,(H,22,23). The second kappa shape index (κ2) is 6.60. The van der Waals surface area contributed by atoms with Crippen LogP contribution in [0.15, 0.2) is 42.5 Å². The van der Waals surface area contributed by atoms with E-state index in [2.05, 4.69) is 5.32 Å². The lowest BCUT2D eigenvalue weighted by Crippen LogP contribution is -2.51. The first kappa shape index (κ1) is 16.3. The van der Waals surface area contributed by atoms with E-state index in [4.69, 9.17) is 21.1 Å². The van der Waals surface area contributed by atoms with Crippen LogP contribution in [0.5, 0.6) is 11.5 Å². The molecule has 1 aliphatic heterocycles. The zero-order valence-corrected chi connectivity index (χ0v) is 14.6. The number of carbonyl (C=O) groups excluding carboxylic acids is 1. The van der Waals surface area contributed by atoms with Crippen molar-refractivity contribution < 1.29 is 14.3 Å². The number of halogens is 1. The van der Waals surface area contributed by atoms with Gasteiger partial charge in [0.15, 0.2) is 11.5 Å². The fourth-order valence-corrected chi connectivity index (χ4v) is 3.61. The van der Waals surface area contributed by atoms with E-state index < -0.39 is 0 Å². The van der Waals surface area contributed by atoms with Crippen LogP contribution in [0.2, 0.25) is 5.02 Å². The van der Waals surface area contributed by atoms with Crippen molar-refractivity contribution in [1.82, 2.24) is 5.32 Å². The zero-order chi connectivity index (χ0) is 17.3. The Morgan fingerprint density at radius 1 is 1.04 bits per heavy atom. The molecule has 0 spiro atoms. The topological polar surface area (TPSA) is 47.6 Å². The quantitative estimate of drug-likeness (QED) is 0.904. The lowest BCUT2D eigenvalue weighted by molar-refractivity contribution is -0.123. The Hall–Kier alpha value is -2.20. The Kier molecular flexibility index (Phi) is 4.30. The van der Waals surface area contributed by atoms with Crippen molar-refractivity contribution >= 4 is 17.5 Å². The number of hydrogen-bond acceptors (Lipinski definition) is 3. The molecule has 1 amide bonds. The summed E-state index contributed by atoms with van der Waals surface area (Å²) < 4.78 is 11.1. The van der Waals surface area contributed by atoms with Gasteiger partial charge in [-0.2, -0.15) is 0 Å². The van der Waals surface area contributed by atoms with E-state index in [1.54, 1.807) is 0 Å². The normalized spacial score (nSPS) is 17.5. The molecule has 0 aromatic heterocycles. The number of carbonyl (C=O) groups is 1. The molecule has 1 N–H and O–H groups in total. The van der Waals surface area contributed by atoms with Gasteiger partial charge >= 0.3 is 0 Å². The summed E-state index contributed by atoms with van der Waals surface area (Å²) in [7, 11) is 0. The molecule has 4 rings (SSSR count). The SMILES string of the molecule is O=C(Cc1ccc2c(c1)OCCO2)NC1(c2ccc(Cl)cc2)CCC1. The van der Waals surface area contributed by atoms with Crippen molar-refractivity contribution in [3.8, 4) is 11.5 Å². The minimum Gasteiger partial charge on any atom is -0.486 e. The number of ether oxygens (including phenoxy) is 2. The second-order valence-corrected chi connectivity index (χ2v) is 7.08. The zero-order valence-electron chi connectivity index (χ0n) is 13.9. The molecule has 0 saturated heterocycles. The molecule has 2 aromatic carbocycles. The van der Waals surface area contributed by atoms with E-state index in [1.807, 2.05) is 42.5 Å². The average Bonchev–Trinajstić information content (AvgIpc) is 2.59. The molecule has 1 saturated carbocycles. The van der Waals surface area contributed by atoms with Gasteiger partial charge in [0.25, 0.3) is 0 Å². The second-order valence-electron chi connectivity index (χ2n) is 6.65. The highest BCUT2D eigenvalue weighted by atomic mass is 35.5. The molecule has 1 heterocycles. The van der Waals surface area contributed by atoms with Gasteiger partial charge in [-0.15, -0.1) is 0 Å². The molecule has 1 aliphatic carbocycles. The monoisotopic (exact) mass is 357 g/mol. The highest BCUT2D eigenvalue weighted by Crippen LogP contribution is 2.41. The van der Waals surface area contributed by atoms with Crippen molar-refractivity contribution in [2.45, 2.75) is 31.2 Å². The lowest BCUT2D eigenvalue weighted by atomic mass is 9.71. The highest BCUT2D eigenvalue weighted by Gasteiger charge is 2.39. The van der Waals surface area contributed by atoms with Crippen LogP contribution < -0.4 is 14.8 Å². The maximum Gasteiger partial charge on any atom is 0.225 e. The first-order valence-electron chi connectivity index (χ1n) is 8.60. The van der Waals surface area contributed by atoms with Gasteiger partial charge in [0, 0.05) is 5.02 Å². The molecule has 1 fully saturated rings. The third-order valence-corrected chi connectivity index (χ3v) is 5.21. The van der Waals surface area contributed by atoms with Crippen LogP contribution in [0.25, 0.3) is 0 Å². The number of rotatable bonds is 4. The lowest BCUT2D eigenvalue weighted by Gasteiger charge is -2.43. The van der Waals surface area contributed by atoms with Gasteiger partial charge in [0.05, 0.1) is 12.0 Å². The number of benzene rings is 2. The van der Waals surface area contributed by atoms with E-state index in [-0.39, 0.29) is 11.4 Å². The number of fused-ring (bicyclic) bond motifs is 1. The Morgan fingerprint density at radius 3 is 2.44 bits per heavy atom. The third-order valence-electron chi connectivity index (χ3n) is 4.95. The average molecular weight is 358 g/mol. The predicted molar refractivity (Wildman–Crippen MR) is 96.3 cm³/mol. The van der Waals surface area contributed by atoms with Gasteiger partial charge < -0.3 is 14.8 Å². The highest BCUT2D eigenvalue weighted by molar-refractivity contribution is 6.30. The molecule has 2 aliphatic rings. The van der Waals surface area contributed by atoms with Crippen LogP contribution in [0.1, 0.15) is 30.4 Å². The maximum atomic E-state index is 12.6. The molecule has 4 nitrogen and oxygen atoms in total. The fourth-order valence-electron chi connectivity index (χ4n) is 3.48. The van der Waals surface area contributed by atoms with Crippen LogP contribution in [0.3, 0.4) is 0 Å². The summed E-state index contributed by atoms with van der Waals surface area (Å²) >= 11 is 5.98. The smallest absolute Gasteiger partial charge is 0.225 e. The van der Waals surface area contributed by atoms with Crippen molar-refractivity contribution in [1.29, 1.82) is 0 Å². The van der Waals surface area contributed by atoms with E-state index in [0.717, 1.165) is 36.1 Å². The van der Waals surface area contributed by atoms with Gasteiger partial charge in [-0.3, -0.25) is 4.79 Å². The van der Waals surface area contributed by atoms with Crippen LogP contribution >= 0.6 is 11.6 Å². The molecule has 25 heavy (non-hydrogen) atoms. The Bertz CT molecular complexity index is 784. The molecule has 0 bridgehead atoms. The van der Waals surface area contributed by atoms with Gasteiger partial charge in [-0.05, 0) is 54.7 Å². The number of amides is 1. The minimum absolute atomic E-state index is 0.0197. The molecular weight excluding hydrogens is 338 g/mol. The van der Waals surface area contributed by atoms with Crippen LogP contribution in [0.4, 0.5) is 0 Å². The van der Waals surface area contributed by atoms with E-state index >= 15 is 0 Å². The molecule has 0 unspecified atom stereocenters. The van der Waals surface area contributed by atoms with Gasteiger partial charge in [-0.1, -0.05) is 29.8 Å². The van der Waals surface area contributed by atoms with Crippen LogP contribution in [-0.2, 0) is 16.8 Å². The van der Waals surface area contributed by atoms with E-state index in [1.165, 1.54) is 0 Å². The van der Waals surface area contributed by atoms with Gasteiger partial charge in [0.1, 0.15) is 13.2 Å². The number of nitrogens with one attached hydrogen (secondary N) is 1. The predicted octanol–water partition coefficient (Wildman–Crippen LogP) is 3.85. The van der Waals surface area contributed by atoms with Crippen LogP contribution in [0, 0.1) is 0 Å². The molecule has 0 atom stereocenters.